The number of rotatable bonds is 5. The van der Waals surface area contributed by atoms with Crippen molar-refractivity contribution in [3.63, 3.8) is 0 Å². The first-order chi connectivity index (χ1) is 14.6. The van der Waals surface area contributed by atoms with E-state index < -0.39 is 13.7 Å². The minimum Gasteiger partial charge on any atom is -0.416 e. The van der Waals surface area contributed by atoms with Gasteiger partial charge in [0.15, 0.2) is 14.1 Å². The molecular weight excluding hydrogens is 396 g/mol. The fourth-order valence-corrected chi connectivity index (χ4v) is 6.06. The van der Waals surface area contributed by atoms with E-state index in [0.29, 0.717) is 6.61 Å². The van der Waals surface area contributed by atoms with E-state index in [-0.39, 0.29) is 10.8 Å². The van der Waals surface area contributed by atoms with Crippen LogP contribution in [0.3, 0.4) is 0 Å². The molecule has 4 rings (SSSR count). The Labute approximate surface area is 188 Å². The van der Waals surface area contributed by atoms with Crippen molar-refractivity contribution in [1.29, 1.82) is 0 Å². The monoisotopic (exact) mass is 430 g/mol. The summed E-state index contributed by atoms with van der Waals surface area (Å²) in [5, 5.41) is 0.187. The molecule has 2 aromatic carbocycles. The van der Waals surface area contributed by atoms with Gasteiger partial charge in [0.05, 0.1) is 0 Å². The molecule has 0 bridgehead atoms. The summed E-state index contributed by atoms with van der Waals surface area (Å²) in [4.78, 5) is 13.7. The topological polar surface area (TPSA) is 26.3 Å². The van der Waals surface area contributed by atoms with Crippen LogP contribution in [0.25, 0.3) is 11.6 Å². The molecule has 2 aliphatic carbocycles. The number of fused-ring (bicyclic) bond motifs is 4. The molecule has 162 valence electrons. The van der Waals surface area contributed by atoms with Gasteiger partial charge in [-0.05, 0) is 70.4 Å². The van der Waals surface area contributed by atoms with Crippen LogP contribution in [0.1, 0.15) is 62.8 Å². The van der Waals surface area contributed by atoms with Crippen LogP contribution in [0, 0.1) is 0 Å². The molecule has 1 unspecified atom stereocenters. The summed E-state index contributed by atoms with van der Waals surface area (Å²) in [6, 6.07) is 16.9. The third kappa shape index (κ3) is 3.30. The number of hydrogen-bond donors (Lipinski definition) is 0. The van der Waals surface area contributed by atoms with Crippen LogP contribution in [-0.4, -0.2) is 20.7 Å². The number of hydrogen-bond acceptors (Lipinski definition) is 2. The first kappa shape index (κ1) is 22.0. The molecule has 0 N–H and O–H groups in total. The van der Waals surface area contributed by atoms with E-state index in [1.54, 1.807) is 6.08 Å². The first-order valence-electron chi connectivity index (χ1n) is 11.4. The second-order valence-electron chi connectivity index (χ2n) is 10.2. The number of ketones is 1. The summed E-state index contributed by atoms with van der Waals surface area (Å²) in [6.45, 7) is 14.3. The van der Waals surface area contributed by atoms with Gasteiger partial charge >= 0.3 is 0 Å². The van der Waals surface area contributed by atoms with Crippen molar-refractivity contribution < 1.29 is 9.22 Å². The van der Waals surface area contributed by atoms with Crippen molar-refractivity contribution in [3.8, 4) is 0 Å². The van der Waals surface area contributed by atoms with Gasteiger partial charge < -0.3 is 4.43 Å². The van der Waals surface area contributed by atoms with E-state index in [4.69, 9.17) is 4.43 Å². The second kappa shape index (κ2) is 7.72. The summed E-state index contributed by atoms with van der Waals surface area (Å²) in [7, 11) is -1.82. The van der Waals surface area contributed by atoms with E-state index in [1.165, 1.54) is 16.7 Å². The highest BCUT2D eigenvalue weighted by Crippen LogP contribution is 2.55. The molecule has 0 radical (unpaired) electrons. The Morgan fingerprint density at radius 2 is 1.58 bits per heavy atom. The van der Waals surface area contributed by atoms with Gasteiger partial charge in [0, 0.05) is 6.61 Å². The average molecular weight is 431 g/mol. The molecule has 2 aliphatic rings. The van der Waals surface area contributed by atoms with Gasteiger partial charge in [-0.15, -0.1) is 0 Å². The van der Waals surface area contributed by atoms with Gasteiger partial charge in [0.25, 0.3) is 0 Å². The summed E-state index contributed by atoms with van der Waals surface area (Å²) in [5.74, 6) is 0.177. The summed E-state index contributed by atoms with van der Waals surface area (Å²) < 4.78 is 6.54. The Morgan fingerprint density at radius 3 is 2.26 bits per heavy atom. The first-order valence-corrected chi connectivity index (χ1v) is 14.3. The van der Waals surface area contributed by atoms with Crippen LogP contribution in [0.2, 0.25) is 18.1 Å². The summed E-state index contributed by atoms with van der Waals surface area (Å²) in [6.07, 6.45) is 5.44. The number of benzene rings is 2. The largest absolute Gasteiger partial charge is 0.416 e. The Hall–Kier alpha value is -2.23. The maximum atomic E-state index is 13.7. The highest BCUT2D eigenvalue weighted by molar-refractivity contribution is 6.74. The van der Waals surface area contributed by atoms with Crippen LogP contribution < -0.4 is 0 Å². The molecule has 0 heterocycles. The number of allylic oxidation sites excluding steroid dienone is 2. The number of carbonyl (C=O) groups excluding carboxylic acids is 1. The predicted molar refractivity (Wildman–Crippen MR) is 133 cm³/mol. The minimum atomic E-state index is -1.82. The zero-order chi connectivity index (χ0) is 22.4. The molecule has 0 amide bonds. The molecule has 2 aromatic rings. The van der Waals surface area contributed by atoms with Crippen LogP contribution in [0.15, 0.2) is 60.2 Å². The molecule has 3 heteroatoms. The fourth-order valence-electron chi connectivity index (χ4n) is 5.01. The molecule has 31 heavy (non-hydrogen) atoms. The minimum absolute atomic E-state index is 0.177. The van der Waals surface area contributed by atoms with E-state index in [2.05, 4.69) is 89.3 Å². The highest BCUT2D eigenvalue weighted by atomic mass is 28.4. The summed E-state index contributed by atoms with van der Waals surface area (Å²) in [5.41, 5.74) is 6.47. The van der Waals surface area contributed by atoms with E-state index in [9.17, 15) is 4.79 Å². The zero-order valence-corrected chi connectivity index (χ0v) is 20.7. The van der Waals surface area contributed by atoms with Gasteiger partial charge in [-0.2, -0.15) is 0 Å². The van der Waals surface area contributed by atoms with Gasteiger partial charge in [0.1, 0.15) is 5.41 Å². The maximum absolute atomic E-state index is 13.7. The average Bonchev–Trinajstić information content (AvgIpc) is 3.01. The third-order valence-electron chi connectivity index (χ3n) is 7.60. The smallest absolute Gasteiger partial charge is 0.191 e. The Morgan fingerprint density at radius 1 is 0.935 bits per heavy atom. The lowest BCUT2D eigenvalue weighted by Crippen LogP contribution is -2.41. The second-order valence-corrected chi connectivity index (χ2v) is 15.1. The highest BCUT2D eigenvalue weighted by Gasteiger charge is 2.51. The Bertz CT molecular complexity index is 1080. The van der Waals surface area contributed by atoms with Crippen LogP contribution >= 0.6 is 0 Å². The zero-order valence-electron chi connectivity index (χ0n) is 19.7. The van der Waals surface area contributed by atoms with Crippen molar-refractivity contribution in [2.75, 3.05) is 6.61 Å². The molecule has 1 spiro atoms. The van der Waals surface area contributed by atoms with E-state index in [0.717, 1.165) is 29.5 Å². The van der Waals surface area contributed by atoms with Crippen LogP contribution in [0.5, 0.6) is 0 Å². The van der Waals surface area contributed by atoms with Crippen molar-refractivity contribution in [2.24, 2.45) is 0 Å². The Balaban J connectivity index is 1.83. The van der Waals surface area contributed by atoms with Gasteiger partial charge in [-0.25, -0.2) is 0 Å². The molecule has 0 aromatic heterocycles. The normalized spacial score (nSPS) is 20.4. The van der Waals surface area contributed by atoms with Crippen molar-refractivity contribution in [1.82, 2.24) is 0 Å². The lowest BCUT2D eigenvalue weighted by molar-refractivity contribution is -0.117. The standard InChI is InChI=1S/C28H34O2Si/c1-7-23-22(18-19-30-31(5,6)27(2,3)4)21-13-9-11-15-25(21)28(23)24-14-10-8-12-20(24)16-17-26(28)29/h8-17H,7,18-19H2,1-6H3. The van der Waals surface area contributed by atoms with Crippen LogP contribution in [-0.2, 0) is 14.6 Å². The van der Waals surface area contributed by atoms with Crippen LogP contribution in [0.4, 0.5) is 0 Å². The quantitative estimate of drug-likeness (QED) is 0.470. The predicted octanol–water partition coefficient (Wildman–Crippen LogP) is 7.16. The molecular formula is C28H34O2Si. The lowest BCUT2D eigenvalue weighted by Gasteiger charge is -2.36. The third-order valence-corrected chi connectivity index (χ3v) is 12.1. The Kier molecular flexibility index (Phi) is 5.47. The lowest BCUT2D eigenvalue weighted by atomic mass is 9.64. The van der Waals surface area contributed by atoms with Gasteiger partial charge in [-0.1, -0.05) is 82.3 Å². The molecule has 0 saturated carbocycles. The molecule has 0 fully saturated rings. The van der Waals surface area contributed by atoms with E-state index >= 15 is 0 Å². The van der Waals surface area contributed by atoms with Crippen molar-refractivity contribution in [2.45, 2.75) is 64.1 Å². The molecule has 2 nitrogen and oxygen atoms in total. The fraction of sp³-hybridized carbons (Fsp3) is 0.393. The molecule has 0 saturated heterocycles. The van der Waals surface area contributed by atoms with E-state index in [1.807, 2.05) is 6.08 Å². The maximum Gasteiger partial charge on any atom is 0.191 e. The van der Waals surface area contributed by atoms with Gasteiger partial charge in [-0.3, -0.25) is 4.79 Å². The molecule has 1 atom stereocenters. The number of carbonyl (C=O) groups is 1. The van der Waals surface area contributed by atoms with Gasteiger partial charge in [0.2, 0.25) is 0 Å². The van der Waals surface area contributed by atoms with Crippen molar-refractivity contribution in [3.05, 3.63) is 82.4 Å². The SMILES string of the molecule is CCC1=C(CCO[Si](C)(C)C(C)(C)C)c2ccccc2C12C(=O)C=Cc1ccccc12. The summed E-state index contributed by atoms with van der Waals surface area (Å²) >= 11 is 0. The van der Waals surface area contributed by atoms with Crippen molar-refractivity contribution >= 4 is 25.7 Å². The molecule has 0 aliphatic heterocycles.